The van der Waals surface area contributed by atoms with Crippen molar-refractivity contribution in [3.63, 3.8) is 0 Å². The average Bonchev–Trinajstić information content (AvgIpc) is 2.44. The van der Waals surface area contributed by atoms with E-state index in [0.717, 1.165) is 0 Å². The molecule has 1 rings (SSSR count). The summed E-state index contributed by atoms with van der Waals surface area (Å²) in [5.41, 5.74) is 10.5. The normalized spacial score (nSPS) is 9.52. The van der Waals surface area contributed by atoms with Crippen molar-refractivity contribution >= 4 is 17.7 Å². The van der Waals surface area contributed by atoms with Gasteiger partial charge in [-0.3, -0.25) is 5.32 Å². The quantitative estimate of drug-likeness (QED) is 0.533. The van der Waals surface area contributed by atoms with Crippen molar-refractivity contribution in [1.29, 1.82) is 0 Å². The Balaban J connectivity index is 3.43. The molecule has 1 aromatic carbocycles. The highest BCUT2D eigenvalue weighted by Gasteiger charge is 2.22. The van der Waals surface area contributed by atoms with Gasteiger partial charge in [-0.15, -0.1) is 0 Å². The summed E-state index contributed by atoms with van der Waals surface area (Å²) in [7, 11) is 5.73. The van der Waals surface area contributed by atoms with Crippen LogP contribution in [0.2, 0.25) is 0 Å². The molecule has 0 saturated heterocycles. The fraction of sp³-hybridized carbons (Fsp3) is 0.333. The lowest BCUT2D eigenvalue weighted by molar-refractivity contribution is 0.259. The molecule has 2 amide bonds. The summed E-state index contributed by atoms with van der Waals surface area (Å²) in [6.07, 6.45) is 0. The van der Waals surface area contributed by atoms with Gasteiger partial charge < -0.3 is 30.4 Å². The van der Waals surface area contributed by atoms with Crippen molar-refractivity contribution in [2.75, 3.05) is 33.8 Å². The van der Waals surface area contributed by atoms with Crippen LogP contribution in [-0.4, -0.2) is 40.4 Å². The summed E-state index contributed by atoms with van der Waals surface area (Å²) in [5, 5.41) is 2.47. The number of guanidine groups is 1. The van der Waals surface area contributed by atoms with Crippen molar-refractivity contribution in [1.82, 2.24) is 0 Å². The van der Waals surface area contributed by atoms with Gasteiger partial charge in [-0.2, -0.15) is 4.99 Å². The van der Waals surface area contributed by atoms with Gasteiger partial charge in [-0.25, -0.2) is 4.79 Å². The van der Waals surface area contributed by atoms with E-state index >= 15 is 0 Å². The zero-order valence-electron chi connectivity index (χ0n) is 12.2. The number of hydrogen-bond acceptors (Lipinski definition) is 5. The first-order chi connectivity index (χ1) is 9.98. The number of ether oxygens (including phenoxy) is 4. The van der Waals surface area contributed by atoms with Gasteiger partial charge in [0.1, 0.15) is 5.69 Å². The number of benzene rings is 1. The van der Waals surface area contributed by atoms with Crippen LogP contribution in [-0.2, 0) is 0 Å². The molecule has 0 aliphatic rings. The molecule has 0 aromatic heterocycles. The number of carbonyl (C=O) groups is 1. The molecule has 9 heteroatoms. The van der Waals surface area contributed by atoms with Gasteiger partial charge in [-0.1, -0.05) is 0 Å². The molecule has 0 aliphatic heterocycles. The van der Waals surface area contributed by atoms with Gasteiger partial charge in [0.25, 0.3) is 0 Å². The molecule has 116 valence electrons. The number of hydrogen-bond donors (Lipinski definition) is 3. The van der Waals surface area contributed by atoms with Crippen LogP contribution in [0.25, 0.3) is 0 Å². The minimum Gasteiger partial charge on any atom is -0.493 e. The highest BCUT2D eigenvalue weighted by Crippen LogP contribution is 2.48. The molecule has 0 saturated carbocycles. The molecule has 0 fully saturated rings. The standard InChI is InChI=1S/C12H18N4O5/c1-18-6-5-7(19-2)10(21-4)8(9(6)20-3)15-12(17)16-11(13)14/h5H,1-4H3,(H5,13,14,15,16,17). The van der Waals surface area contributed by atoms with Crippen molar-refractivity contribution < 1.29 is 23.7 Å². The second-order valence-corrected chi connectivity index (χ2v) is 3.69. The monoisotopic (exact) mass is 298 g/mol. The van der Waals surface area contributed by atoms with E-state index in [2.05, 4.69) is 10.3 Å². The van der Waals surface area contributed by atoms with E-state index in [9.17, 15) is 4.79 Å². The van der Waals surface area contributed by atoms with Gasteiger partial charge in [-0.05, 0) is 0 Å². The van der Waals surface area contributed by atoms with Crippen LogP contribution in [0.4, 0.5) is 10.5 Å². The van der Waals surface area contributed by atoms with E-state index in [1.165, 1.54) is 28.4 Å². The Hall–Kier alpha value is -2.84. The van der Waals surface area contributed by atoms with Gasteiger partial charge in [0.15, 0.2) is 29.0 Å². The number of rotatable bonds is 5. The van der Waals surface area contributed by atoms with Crippen molar-refractivity contribution in [3.05, 3.63) is 6.07 Å². The summed E-state index contributed by atoms with van der Waals surface area (Å²) in [6, 6.07) is 0.773. The first kappa shape index (κ1) is 16.2. The van der Waals surface area contributed by atoms with Crippen LogP contribution in [0.5, 0.6) is 23.0 Å². The smallest absolute Gasteiger partial charge is 0.348 e. The van der Waals surface area contributed by atoms with Crippen molar-refractivity contribution in [3.8, 4) is 23.0 Å². The number of amides is 2. The third-order valence-corrected chi connectivity index (χ3v) is 2.47. The number of carbonyl (C=O) groups excluding carboxylic acids is 1. The summed E-state index contributed by atoms with van der Waals surface area (Å²) < 4.78 is 20.8. The third kappa shape index (κ3) is 3.59. The Morgan fingerprint density at radius 1 is 1.00 bits per heavy atom. The maximum absolute atomic E-state index is 11.7. The molecule has 0 unspecified atom stereocenters. The van der Waals surface area contributed by atoms with E-state index in [0.29, 0.717) is 11.5 Å². The van der Waals surface area contributed by atoms with Gasteiger partial charge in [0, 0.05) is 6.07 Å². The molecule has 0 bridgehead atoms. The molecule has 5 N–H and O–H groups in total. The minimum absolute atomic E-state index is 0.186. The Labute approximate surface area is 121 Å². The second-order valence-electron chi connectivity index (χ2n) is 3.69. The zero-order chi connectivity index (χ0) is 16.0. The predicted molar refractivity (Wildman–Crippen MR) is 77.5 cm³/mol. The third-order valence-electron chi connectivity index (χ3n) is 2.47. The van der Waals surface area contributed by atoms with Crippen LogP contribution < -0.4 is 35.7 Å². The Morgan fingerprint density at radius 3 is 1.81 bits per heavy atom. The van der Waals surface area contributed by atoms with Crippen LogP contribution in [0.15, 0.2) is 11.1 Å². The highest BCUT2D eigenvalue weighted by atomic mass is 16.5. The summed E-state index contributed by atoms with van der Waals surface area (Å²) in [6.45, 7) is 0. The zero-order valence-corrected chi connectivity index (χ0v) is 12.2. The lowest BCUT2D eigenvalue weighted by Gasteiger charge is -2.18. The predicted octanol–water partition coefficient (Wildman–Crippen LogP) is 0.526. The first-order valence-electron chi connectivity index (χ1n) is 5.76. The SMILES string of the molecule is COc1cc(OC)c(OC)c(NC(=O)N=C(N)N)c1OC. The maximum Gasteiger partial charge on any atom is 0.348 e. The number of nitrogens with zero attached hydrogens (tertiary/aromatic N) is 1. The molecule has 0 spiro atoms. The fourth-order valence-electron chi connectivity index (χ4n) is 1.67. The topological polar surface area (TPSA) is 130 Å². The molecule has 0 atom stereocenters. The Morgan fingerprint density at radius 2 is 1.48 bits per heavy atom. The number of methoxy groups -OCH3 is 4. The summed E-state index contributed by atoms with van der Waals surface area (Å²) in [5.74, 6) is 0.800. The highest BCUT2D eigenvalue weighted by molar-refractivity contribution is 6.00. The van der Waals surface area contributed by atoms with E-state index in [-0.39, 0.29) is 23.1 Å². The molecule has 1 aromatic rings. The average molecular weight is 298 g/mol. The molecule has 21 heavy (non-hydrogen) atoms. The Bertz CT molecular complexity index is 525. The lowest BCUT2D eigenvalue weighted by atomic mass is 10.2. The van der Waals surface area contributed by atoms with Crippen LogP contribution >= 0.6 is 0 Å². The van der Waals surface area contributed by atoms with Crippen molar-refractivity contribution in [2.24, 2.45) is 16.5 Å². The number of nitrogens with two attached hydrogens (primary N) is 2. The van der Waals surface area contributed by atoms with Gasteiger partial charge in [0.2, 0.25) is 0 Å². The van der Waals surface area contributed by atoms with E-state index < -0.39 is 6.03 Å². The van der Waals surface area contributed by atoms with Crippen LogP contribution in [0.3, 0.4) is 0 Å². The van der Waals surface area contributed by atoms with Gasteiger partial charge >= 0.3 is 6.03 Å². The second kappa shape index (κ2) is 7.08. The molecule has 0 heterocycles. The molecular formula is C12H18N4O5. The van der Waals surface area contributed by atoms with E-state index in [4.69, 9.17) is 30.4 Å². The molecule has 9 nitrogen and oxygen atoms in total. The summed E-state index contributed by atoms with van der Waals surface area (Å²) >= 11 is 0. The number of nitrogens with one attached hydrogen (secondary N) is 1. The summed E-state index contributed by atoms with van der Waals surface area (Å²) in [4.78, 5) is 15.1. The largest absolute Gasteiger partial charge is 0.493 e. The number of aliphatic imine (C=N–C) groups is 1. The Kier molecular flexibility index (Phi) is 5.47. The van der Waals surface area contributed by atoms with Crippen LogP contribution in [0.1, 0.15) is 0 Å². The number of urea groups is 1. The lowest BCUT2D eigenvalue weighted by Crippen LogP contribution is -2.25. The van der Waals surface area contributed by atoms with Crippen LogP contribution in [0, 0.1) is 0 Å². The number of anilines is 1. The van der Waals surface area contributed by atoms with E-state index in [1.807, 2.05) is 0 Å². The van der Waals surface area contributed by atoms with E-state index in [1.54, 1.807) is 6.07 Å². The van der Waals surface area contributed by atoms with Gasteiger partial charge in [0.05, 0.1) is 28.4 Å². The first-order valence-corrected chi connectivity index (χ1v) is 5.76. The molecule has 0 aliphatic carbocycles. The van der Waals surface area contributed by atoms with Crippen molar-refractivity contribution in [2.45, 2.75) is 0 Å². The molecule has 0 radical (unpaired) electrons. The maximum atomic E-state index is 11.7. The fourth-order valence-corrected chi connectivity index (χ4v) is 1.67. The minimum atomic E-state index is -0.790. The molecular weight excluding hydrogens is 280 g/mol.